The molecule has 0 saturated heterocycles. The van der Waals surface area contributed by atoms with E-state index in [1.165, 1.54) is 0 Å². The molecule has 20 heavy (non-hydrogen) atoms. The van der Waals surface area contributed by atoms with Gasteiger partial charge in [-0.2, -0.15) is 0 Å². The monoisotopic (exact) mass is 459 g/mol. The van der Waals surface area contributed by atoms with Gasteiger partial charge in [0.05, 0.1) is 0 Å². The lowest BCUT2D eigenvalue weighted by Gasteiger charge is -2.04. The standard InChI is InChI=1S/C14H8Br3NO2/c15-14(16,17)13-18-11-7-6-10(8-12(11)20-13)19-9-4-2-1-3-5-9/h1-8H. The van der Waals surface area contributed by atoms with Crippen LogP contribution in [0.3, 0.4) is 0 Å². The third-order valence-corrected chi connectivity index (χ3v) is 3.60. The Morgan fingerprint density at radius 2 is 1.70 bits per heavy atom. The van der Waals surface area contributed by atoms with Crippen LogP contribution in [-0.4, -0.2) is 4.98 Å². The average Bonchev–Trinajstić information content (AvgIpc) is 2.83. The average molecular weight is 462 g/mol. The number of halogens is 3. The van der Waals surface area contributed by atoms with Crippen molar-refractivity contribution in [1.82, 2.24) is 4.98 Å². The molecule has 0 atom stereocenters. The molecule has 0 aliphatic carbocycles. The molecule has 102 valence electrons. The smallest absolute Gasteiger partial charge is 0.234 e. The lowest BCUT2D eigenvalue weighted by molar-refractivity contribution is 0.481. The minimum atomic E-state index is -0.660. The quantitative estimate of drug-likeness (QED) is 0.445. The minimum Gasteiger partial charge on any atom is -0.457 e. The van der Waals surface area contributed by atoms with Crippen LogP contribution >= 0.6 is 47.8 Å². The van der Waals surface area contributed by atoms with E-state index in [1.807, 2.05) is 48.5 Å². The Bertz CT molecular complexity index is 735. The molecule has 0 aliphatic rings. The van der Waals surface area contributed by atoms with Gasteiger partial charge in [0.15, 0.2) is 5.58 Å². The SMILES string of the molecule is BrC(Br)(Br)c1nc2ccc(Oc3ccccc3)cc2o1. The molecule has 3 rings (SSSR count). The molecular weight excluding hydrogens is 454 g/mol. The largest absolute Gasteiger partial charge is 0.457 e. The normalized spacial score (nSPS) is 11.8. The van der Waals surface area contributed by atoms with Crippen molar-refractivity contribution < 1.29 is 9.15 Å². The summed E-state index contributed by atoms with van der Waals surface area (Å²) < 4.78 is 10.8. The van der Waals surface area contributed by atoms with Crippen molar-refractivity contribution in [3.05, 3.63) is 54.4 Å². The van der Waals surface area contributed by atoms with Gasteiger partial charge >= 0.3 is 0 Å². The van der Waals surface area contributed by atoms with Gasteiger partial charge in [0.2, 0.25) is 8.03 Å². The number of rotatable bonds is 2. The number of aromatic nitrogens is 1. The van der Waals surface area contributed by atoms with Gasteiger partial charge in [-0.3, -0.25) is 0 Å². The van der Waals surface area contributed by atoms with E-state index >= 15 is 0 Å². The van der Waals surface area contributed by atoms with Crippen molar-refractivity contribution in [3.8, 4) is 11.5 Å². The topological polar surface area (TPSA) is 35.3 Å². The lowest BCUT2D eigenvalue weighted by atomic mass is 10.3. The van der Waals surface area contributed by atoms with E-state index in [1.54, 1.807) is 0 Å². The number of hydrogen-bond acceptors (Lipinski definition) is 3. The molecule has 0 spiro atoms. The molecule has 0 amide bonds. The third kappa shape index (κ3) is 3.07. The maximum absolute atomic E-state index is 5.76. The van der Waals surface area contributed by atoms with Gasteiger partial charge in [-0.1, -0.05) is 18.2 Å². The summed E-state index contributed by atoms with van der Waals surface area (Å²) in [5, 5.41) is 0. The zero-order chi connectivity index (χ0) is 14.2. The Balaban J connectivity index is 1.95. The summed E-state index contributed by atoms with van der Waals surface area (Å²) in [6.45, 7) is 0. The predicted octanol–water partition coefficient (Wildman–Crippen LogP) is 5.92. The zero-order valence-corrected chi connectivity index (χ0v) is 14.8. The molecule has 3 nitrogen and oxygen atoms in total. The summed E-state index contributed by atoms with van der Waals surface area (Å²) >= 11 is 10.1. The number of benzene rings is 2. The number of para-hydroxylation sites is 1. The van der Waals surface area contributed by atoms with Crippen molar-refractivity contribution in [3.63, 3.8) is 0 Å². The van der Waals surface area contributed by atoms with E-state index in [-0.39, 0.29) is 0 Å². The number of oxazole rings is 1. The van der Waals surface area contributed by atoms with E-state index in [0.29, 0.717) is 17.2 Å². The van der Waals surface area contributed by atoms with Gasteiger partial charge in [0.1, 0.15) is 17.0 Å². The Labute approximate surface area is 140 Å². The first-order valence-electron chi connectivity index (χ1n) is 5.73. The number of alkyl halides is 3. The molecule has 0 N–H and O–H groups in total. The van der Waals surface area contributed by atoms with Crippen LogP contribution in [0, 0.1) is 0 Å². The second-order valence-corrected chi connectivity index (χ2v) is 10.8. The van der Waals surface area contributed by atoms with Gasteiger partial charge in [-0.25, -0.2) is 4.98 Å². The number of ether oxygens (including phenoxy) is 1. The first-order valence-corrected chi connectivity index (χ1v) is 8.11. The molecule has 2 aromatic carbocycles. The Kier molecular flexibility index (Phi) is 3.88. The van der Waals surface area contributed by atoms with Crippen LogP contribution in [0.15, 0.2) is 52.9 Å². The highest BCUT2D eigenvalue weighted by atomic mass is 80.0. The highest BCUT2D eigenvalue weighted by Gasteiger charge is 2.27. The lowest BCUT2D eigenvalue weighted by Crippen LogP contribution is -1.96. The summed E-state index contributed by atoms with van der Waals surface area (Å²) in [4.78, 5) is 4.37. The summed E-state index contributed by atoms with van der Waals surface area (Å²) in [6.07, 6.45) is 0. The fraction of sp³-hybridized carbons (Fsp3) is 0.0714. The van der Waals surface area contributed by atoms with Gasteiger partial charge in [0, 0.05) is 6.07 Å². The van der Waals surface area contributed by atoms with Crippen molar-refractivity contribution >= 4 is 58.9 Å². The molecule has 6 heteroatoms. The molecule has 1 aromatic heterocycles. The van der Waals surface area contributed by atoms with Crippen LogP contribution in [0.25, 0.3) is 11.1 Å². The van der Waals surface area contributed by atoms with E-state index in [2.05, 4.69) is 52.8 Å². The van der Waals surface area contributed by atoms with Gasteiger partial charge in [-0.05, 0) is 72.1 Å². The van der Waals surface area contributed by atoms with Crippen LogP contribution in [0.1, 0.15) is 5.89 Å². The highest BCUT2D eigenvalue weighted by molar-refractivity contribution is 9.38. The molecule has 0 unspecified atom stereocenters. The first-order chi connectivity index (χ1) is 9.52. The first kappa shape index (κ1) is 14.1. The Hall–Kier alpha value is -0.850. The fourth-order valence-electron chi connectivity index (χ4n) is 1.71. The highest BCUT2D eigenvalue weighted by Crippen LogP contribution is 2.44. The molecule has 0 bridgehead atoms. The van der Waals surface area contributed by atoms with Gasteiger partial charge < -0.3 is 9.15 Å². The molecule has 1 heterocycles. The summed E-state index contributed by atoms with van der Waals surface area (Å²) in [7, 11) is 0. The number of hydrogen-bond donors (Lipinski definition) is 0. The van der Waals surface area contributed by atoms with E-state index in [9.17, 15) is 0 Å². The summed E-state index contributed by atoms with van der Waals surface area (Å²) in [6, 6.07) is 15.1. The van der Waals surface area contributed by atoms with E-state index < -0.39 is 2.14 Å². The molecule has 0 aliphatic heterocycles. The summed E-state index contributed by atoms with van der Waals surface area (Å²) in [5.41, 5.74) is 1.43. The van der Waals surface area contributed by atoms with Crippen LogP contribution in [0.2, 0.25) is 0 Å². The maximum Gasteiger partial charge on any atom is 0.234 e. The van der Waals surface area contributed by atoms with Crippen LogP contribution in [0.5, 0.6) is 11.5 Å². The Morgan fingerprint density at radius 1 is 0.950 bits per heavy atom. The van der Waals surface area contributed by atoms with E-state index in [4.69, 9.17) is 9.15 Å². The second-order valence-electron chi connectivity index (χ2n) is 4.06. The van der Waals surface area contributed by atoms with Crippen molar-refractivity contribution in [2.45, 2.75) is 2.14 Å². The number of fused-ring (bicyclic) bond motifs is 1. The minimum absolute atomic E-state index is 0.490. The van der Waals surface area contributed by atoms with Crippen molar-refractivity contribution in [2.75, 3.05) is 0 Å². The second kappa shape index (κ2) is 5.50. The van der Waals surface area contributed by atoms with Gasteiger partial charge in [-0.15, -0.1) is 0 Å². The molecule has 0 fully saturated rings. The van der Waals surface area contributed by atoms with Gasteiger partial charge in [0.25, 0.3) is 0 Å². The number of nitrogens with zero attached hydrogens (tertiary/aromatic N) is 1. The van der Waals surface area contributed by atoms with Crippen LogP contribution in [-0.2, 0) is 2.14 Å². The summed E-state index contributed by atoms with van der Waals surface area (Å²) in [5.74, 6) is 1.97. The van der Waals surface area contributed by atoms with Crippen molar-refractivity contribution in [2.24, 2.45) is 0 Å². The predicted molar refractivity (Wildman–Crippen MR) is 89.0 cm³/mol. The molecule has 0 saturated carbocycles. The van der Waals surface area contributed by atoms with Crippen molar-refractivity contribution in [1.29, 1.82) is 0 Å². The fourth-order valence-corrected chi connectivity index (χ4v) is 2.22. The Morgan fingerprint density at radius 3 is 2.40 bits per heavy atom. The molecule has 3 aromatic rings. The zero-order valence-electron chi connectivity index (χ0n) is 10.0. The van der Waals surface area contributed by atoms with E-state index in [0.717, 1.165) is 11.3 Å². The van der Waals surface area contributed by atoms with Crippen LogP contribution in [0.4, 0.5) is 0 Å². The van der Waals surface area contributed by atoms with Crippen LogP contribution < -0.4 is 4.74 Å². The molecule has 0 radical (unpaired) electrons. The molecular formula is C14H8Br3NO2. The third-order valence-electron chi connectivity index (χ3n) is 2.58. The maximum atomic E-state index is 5.76.